The average molecular weight is 419 g/mol. The summed E-state index contributed by atoms with van der Waals surface area (Å²) in [5.41, 5.74) is 0.652. The summed E-state index contributed by atoms with van der Waals surface area (Å²) in [7, 11) is 0. The summed E-state index contributed by atoms with van der Waals surface area (Å²) in [5.74, 6) is 0.629. The molecule has 0 radical (unpaired) electrons. The first-order chi connectivity index (χ1) is 14.6. The Kier molecular flexibility index (Phi) is 5.87. The molecule has 4 aromatic carbocycles. The number of carboxylic acids is 1. The summed E-state index contributed by atoms with van der Waals surface area (Å²) in [6.45, 7) is 0. The molecule has 150 valence electrons. The van der Waals surface area contributed by atoms with Gasteiger partial charge in [-0.3, -0.25) is 0 Å². The molecule has 0 heterocycles. The third-order valence-electron chi connectivity index (χ3n) is 4.67. The van der Waals surface area contributed by atoms with Gasteiger partial charge in [-0.15, -0.1) is 0 Å². The second kappa shape index (κ2) is 8.89. The summed E-state index contributed by atoms with van der Waals surface area (Å²) in [6.07, 6.45) is -0.993. The van der Waals surface area contributed by atoms with E-state index in [1.165, 1.54) is 0 Å². The van der Waals surface area contributed by atoms with Crippen molar-refractivity contribution in [3.63, 3.8) is 0 Å². The number of hydrogen-bond acceptors (Lipinski definition) is 3. The first kappa shape index (κ1) is 19.8. The Bertz CT molecular complexity index is 1170. The average Bonchev–Trinajstić information content (AvgIpc) is 2.75. The van der Waals surface area contributed by atoms with E-state index in [0.717, 1.165) is 10.8 Å². The van der Waals surface area contributed by atoms with Crippen molar-refractivity contribution >= 4 is 28.3 Å². The lowest BCUT2D eigenvalue weighted by Crippen LogP contribution is -2.29. The smallest absolute Gasteiger partial charge is 0.345 e. The van der Waals surface area contributed by atoms with Gasteiger partial charge in [0.05, 0.1) is 0 Å². The van der Waals surface area contributed by atoms with Gasteiger partial charge in [0.25, 0.3) is 0 Å². The number of carboxylic acid groups (broad SMARTS) is 1. The van der Waals surface area contributed by atoms with Crippen LogP contribution in [0, 0.1) is 0 Å². The highest BCUT2D eigenvalue weighted by Crippen LogP contribution is 2.30. The van der Waals surface area contributed by atoms with Crippen molar-refractivity contribution in [3.05, 3.63) is 102 Å². The summed E-state index contributed by atoms with van der Waals surface area (Å²) in [4.78, 5) is 11.9. The van der Waals surface area contributed by atoms with Crippen molar-refractivity contribution in [2.45, 2.75) is 12.5 Å². The molecule has 0 aromatic heterocycles. The van der Waals surface area contributed by atoms with Gasteiger partial charge < -0.3 is 14.6 Å². The zero-order chi connectivity index (χ0) is 20.9. The lowest BCUT2D eigenvalue weighted by Gasteiger charge is -2.18. The van der Waals surface area contributed by atoms with Crippen LogP contribution in [0.25, 0.3) is 10.8 Å². The number of aliphatic carboxylic acids is 1. The molecule has 0 aliphatic rings. The van der Waals surface area contributed by atoms with Crippen LogP contribution in [-0.2, 0) is 11.2 Å². The predicted octanol–water partition coefficient (Wildman–Crippen LogP) is 6.36. The number of para-hydroxylation sites is 1. The van der Waals surface area contributed by atoms with Crippen LogP contribution in [0.2, 0.25) is 5.02 Å². The fourth-order valence-electron chi connectivity index (χ4n) is 3.21. The third kappa shape index (κ3) is 4.73. The fourth-order valence-corrected chi connectivity index (χ4v) is 3.40. The minimum atomic E-state index is -1.09. The van der Waals surface area contributed by atoms with Crippen LogP contribution >= 0.6 is 11.6 Å². The van der Waals surface area contributed by atoms with E-state index >= 15 is 0 Å². The molecule has 0 spiro atoms. The van der Waals surface area contributed by atoms with Crippen molar-refractivity contribution in [1.82, 2.24) is 0 Å². The molecule has 5 heteroatoms. The van der Waals surface area contributed by atoms with E-state index in [0.29, 0.717) is 27.8 Å². The summed E-state index contributed by atoms with van der Waals surface area (Å²) in [6, 6.07) is 27.8. The highest BCUT2D eigenvalue weighted by atomic mass is 35.5. The van der Waals surface area contributed by atoms with Gasteiger partial charge in [0, 0.05) is 17.0 Å². The molecule has 0 aliphatic heterocycles. The van der Waals surface area contributed by atoms with Crippen molar-refractivity contribution in [1.29, 1.82) is 0 Å². The molecule has 1 N–H and O–H groups in total. The van der Waals surface area contributed by atoms with E-state index in [2.05, 4.69) is 0 Å². The number of halogens is 1. The highest BCUT2D eigenvalue weighted by Gasteiger charge is 2.23. The molecule has 0 bridgehead atoms. The van der Waals surface area contributed by atoms with Gasteiger partial charge in [-0.25, -0.2) is 4.79 Å². The zero-order valence-electron chi connectivity index (χ0n) is 16.0. The van der Waals surface area contributed by atoms with Crippen LogP contribution < -0.4 is 9.47 Å². The molecule has 0 unspecified atom stereocenters. The van der Waals surface area contributed by atoms with E-state index in [-0.39, 0.29) is 6.42 Å². The van der Waals surface area contributed by atoms with Crippen molar-refractivity contribution in [2.75, 3.05) is 0 Å². The topological polar surface area (TPSA) is 55.8 Å². The molecule has 4 aromatic rings. The molecule has 1 atom stereocenters. The van der Waals surface area contributed by atoms with Gasteiger partial charge in [-0.1, -0.05) is 60.1 Å². The second-order valence-electron chi connectivity index (χ2n) is 6.82. The number of rotatable bonds is 7. The Labute approximate surface area is 179 Å². The summed E-state index contributed by atoms with van der Waals surface area (Å²) in [5, 5.41) is 12.3. The predicted molar refractivity (Wildman–Crippen MR) is 118 cm³/mol. The van der Waals surface area contributed by atoms with Crippen LogP contribution in [0.4, 0.5) is 0 Å². The molecule has 0 saturated carbocycles. The molecule has 0 saturated heterocycles. The van der Waals surface area contributed by atoms with Crippen molar-refractivity contribution in [2.24, 2.45) is 0 Å². The molecule has 0 aliphatic carbocycles. The third-order valence-corrected chi connectivity index (χ3v) is 4.91. The normalized spacial score (nSPS) is 11.8. The van der Waals surface area contributed by atoms with E-state index in [4.69, 9.17) is 21.1 Å². The Morgan fingerprint density at radius 1 is 0.833 bits per heavy atom. The fraction of sp³-hybridized carbons (Fsp3) is 0.0800. The Morgan fingerprint density at radius 3 is 2.33 bits per heavy atom. The Hall–Kier alpha value is -3.50. The molecule has 0 fully saturated rings. The van der Waals surface area contributed by atoms with E-state index in [1.807, 2.05) is 66.7 Å². The lowest BCUT2D eigenvalue weighted by molar-refractivity contribution is -0.145. The first-order valence-corrected chi connectivity index (χ1v) is 9.86. The second-order valence-corrected chi connectivity index (χ2v) is 7.26. The van der Waals surface area contributed by atoms with Crippen LogP contribution in [0.15, 0.2) is 91.0 Å². The first-order valence-electron chi connectivity index (χ1n) is 9.48. The van der Waals surface area contributed by atoms with Crippen LogP contribution in [0.1, 0.15) is 5.56 Å². The quantitative estimate of drug-likeness (QED) is 0.379. The minimum absolute atomic E-state index is 0.102. The van der Waals surface area contributed by atoms with Crippen LogP contribution in [-0.4, -0.2) is 17.2 Å². The van der Waals surface area contributed by atoms with E-state index < -0.39 is 12.1 Å². The number of ether oxygens (including phenoxy) is 2. The molecule has 0 amide bonds. The summed E-state index contributed by atoms with van der Waals surface area (Å²) >= 11 is 6.16. The van der Waals surface area contributed by atoms with E-state index in [1.54, 1.807) is 24.3 Å². The summed E-state index contributed by atoms with van der Waals surface area (Å²) < 4.78 is 11.8. The highest BCUT2D eigenvalue weighted by molar-refractivity contribution is 6.30. The van der Waals surface area contributed by atoms with Crippen molar-refractivity contribution < 1.29 is 19.4 Å². The molecule has 4 rings (SSSR count). The molecule has 4 nitrogen and oxygen atoms in total. The molecule has 30 heavy (non-hydrogen) atoms. The number of carbonyl (C=O) groups is 1. The van der Waals surface area contributed by atoms with Crippen LogP contribution in [0.5, 0.6) is 17.2 Å². The van der Waals surface area contributed by atoms with Gasteiger partial charge >= 0.3 is 5.97 Å². The maximum atomic E-state index is 11.9. The maximum absolute atomic E-state index is 11.9. The van der Waals surface area contributed by atoms with Gasteiger partial charge in [-0.2, -0.15) is 0 Å². The SMILES string of the molecule is O=C(O)[C@H](Cc1cc(Cl)ccc1Oc1ccccc1)Oc1ccc2ccccc2c1. The Balaban J connectivity index is 1.59. The molecular weight excluding hydrogens is 400 g/mol. The number of fused-ring (bicyclic) bond motifs is 1. The standard InChI is InChI=1S/C25H19ClO4/c26-20-11-13-23(29-21-8-2-1-3-9-21)19(14-20)16-24(25(27)28)30-22-12-10-17-6-4-5-7-18(17)15-22/h1-15,24H,16H2,(H,27,28)/t24-/m0/s1. The Morgan fingerprint density at radius 2 is 1.57 bits per heavy atom. The molecular formula is C25H19ClO4. The zero-order valence-corrected chi connectivity index (χ0v) is 16.8. The largest absolute Gasteiger partial charge is 0.478 e. The van der Waals surface area contributed by atoms with Gasteiger partial charge in [0.1, 0.15) is 17.2 Å². The number of hydrogen-bond donors (Lipinski definition) is 1. The van der Waals surface area contributed by atoms with Gasteiger partial charge in [0.15, 0.2) is 6.10 Å². The maximum Gasteiger partial charge on any atom is 0.345 e. The van der Waals surface area contributed by atoms with Crippen molar-refractivity contribution in [3.8, 4) is 17.2 Å². The monoisotopic (exact) mass is 418 g/mol. The van der Waals surface area contributed by atoms with E-state index in [9.17, 15) is 9.90 Å². The van der Waals surface area contributed by atoms with Gasteiger partial charge in [-0.05, 0) is 53.2 Å². The van der Waals surface area contributed by atoms with Gasteiger partial charge in [0.2, 0.25) is 0 Å². The van der Waals surface area contributed by atoms with Crippen LogP contribution in [0.3, 0.4) is 0 Å². The minimum Gasteiger partial charge on any atom is -0.478 e. The number of benzene rings is 4. The lowest BCUT2D eigenvalue weighted by atomic mass is 10.1.